The van der Waals surface area contributed by atoms with Gasteiger partial charge in [0.1, 0.15) is 0 Å². The number of rotatable bonds is 6. The lowest BCUT2D eigenvalue weighted by atomic mass is 9.98. The number of aromatic nitrogens is 2. The highest BCUT2D eigenvalue weighted by atomic mass is 16.5. The van der Waals surface area contributed by atoms with Gasteiger partial charge in [0.15, 0.2) is 0 Å². The van der Waals surface area contributed by atoms with Crippen molar-refractivity contribution in [2.24, 2.45) is 13.0 Å². The zero-order valence-electron chi connectivity index (χ0n) is 15.6. The van der Waals surface area contributed by atoms with Crippen molar-refractivity contribution in [2.45, 2.75) is 31.8 Å². The minimum atomic E-state index is 0.384. The SMILES string of the molecule is Cn1cnc2c1[C@@H](COCC1CCOCC1)CN(Cc1ccccc1)C2. The van der Waals surface area contributed by atoms with Gasteiger partial charge in [-0.1, -0.05) is 30.3 Å². The predicted molar refractivity (Wildman–Crippen MR) is 101 cm³/mol. The Morgan fingerprint density at radius 2 is 1.96 bits per heavy atom. The molecule has 0 unspecified atom stereocenters. The second-order valence-electron chi connectivity index (χ2n) is 7.63. The van der Waals surface area contributed by atoms with Crippen LogP contribution in [0.2, 0.25) is 0 Å². The zero-order chi connectivity index (χ0) is 17.8. The Labute approximate surface area is 155 Å². The number of aryl methyl sites for hydroxylation is 1. The summed E-state index contributed by atoms with van der Waals surface area (Å²) in [6, 6.07) is 10.7. The van der Waals surface area contributed by atoms with Gasteiger partial charge in [0.05, 0.1) is 18.6 Å². The second-order valence-corrected chi connectivity index (χ2v) is 7.63. The Kier molecular flexibility index (Phi) is 5.68. The maximum absolute atomic E-state index is 6.17. The molecule has 5 nitrogen and oxygen atoms in total. The van der Waals surface area contributed by atoms with Gasteiger partial charge < -0.3 is 14.0 Å². The Bertz CT molecular complexity index is 695. The highest BCUT2D eigenvalue weighted by molar-refractivity contribution is 5.23. The van der Waals surface area contributed by atoms with Crippen LogP contribution in [0.25, 0.3) is 0 Å². The maximum Gasteiger partial charge on any atom is 0.0949 e. The van der Waals surface area contributed by atoms with Crippen molar-refractivity contribution >= 4 is 0 Å². The number of benzene rings is 1. The van der Waals surface area contributed by atoms with E-state index in [-0.39, 0.29) is 0 Å². The highest BCUT2D eigenvalue weighted by Gasteiger charge is 2.29. The van der Waals surface area contributed by atoms with E-state index in [2.05, 4.69) is 51.8 Å². The van der Waals surface area contributed by atoms with E-state index in [0.29, 0.717) is 11.8 Å². The summed E-state index contributed by atoms with van der Waals surface area (Å²) < 4.78 is 13.8. The quantitative estimate of drug-likeness (QED) is 0.799. The normalized spacial score (nSPS) is 21.7. The first kappa shape index (κ1) is 17.7. The van der Waals surface area contributed by atoms with Crippen LogP contribution in [0.15, 0.2) is 36.7 Å². The average Bonchev–Trinajstić information content (AvgIpc) is 3.04. The monoisotopic (exact) mass is 355 g/mol. The number of ether oxygens (including phenoxy) is 2. The molecule has 1 fully saturated rings. The van der Waals surface area contributed by atoms with Crippen LogP contribution in [0.5, 0.6) is 0 Å². The van der Waals surface area contributed by atoms with E-state index in [1.807, 2.05) is 6.33 Å². The molecule has 0 aliphatic carbocycles. The number of hydrogen-bond acceptors (Lipinski definition) is 4. The molecule has 0 radical (unpaired) electrons. The van der Waals surface area contributed by atoms with Crippen LogP contribution >= 0.6 is 0 Å². The average molecular weight is 355 g/mol. The lowest BCUT2D eigenvalue weighted by Gasteiger charge is -2.33. The molecule has 0 N–H and O–H groups in total. The van der Waals surface area contributed by atoms with Crippen LogP contribution in [0.1, 0.15) is 35.7 Å². The van der Waals surface area contributed by atoms with E-state index in [0.717, 1.165) is 58.9 Å². The first-order valence-corrected chi connectivity index (χ1v) is 9.71. The number of imidazole rings is 1. The van der Waals surface area contributed by atoms with E-state index >= 15 is 0 Å². The van der Waals surface area contributed by atoms with E-state index in [1.54, 1.807) is 0 Å². The number of nitrogens with zero attached hydrogens (tertiary/aromatic N) is 3. The molecule has 26 heavy (non-hydrogen) atoms. The van der Waals surface area contributed by atoms with E-state index in [9.17, 15) is 0 Å². The van der Waals surface area contributed by atoms with Crippen molar-refractivity contribution < 1.29 is 9.47 Å². The molecule has 0 bridgehead atoms. The van der Waals surface area contributed by atoms with Crippen LogP contribution in [0.3, 0.4) is 0 Å². The zero-order valence-corrected chi connectivity index (χ0v) is 15.6. The van der Waals surface area contributed by atoms with E-state index < -0.39 is 0 Å². The van der Waals surface area contributed by atoms with Crippen LogP contribution < -0.4 is 0 Å². The standard InChI is InChI=1S/C21H29N3O2/c1-23-16-22-20-13-24(11-17-5-3-2-4-6-17)12-19(21(20)23)15-26-14-18-7-9-25-10-8-18/h2-6,16,18-19H,7-15H2,1H3/t19-/m1/s1. The Hall–Kier alpha value is -1.69. The van der Waals surface area contributed by atoms with Crippen molar-refractivity contribution in [3.63, 3.8) is 0 Å². The van der Waals surface area contributed by atoms with Crippen LogP contribution in [0.4, 0.5) is 0 Å². The molecule has 4 rings (SSSR count). The number of hydrogen-bond donors (Lipinski definition) is 0. The minimum Gasteiger partial charge on any atom is -0.381 e. The van der Waals surface area contributed by atoms with Gasteiger partial charge >= 0.3 is 0 Å². The smallest absolute Gasteiger partial charge is 0.0949 e. The van der Waals surface area contributed by atoms with Gasteiger partial charge in [-0.25, -0.2) is 4.98 Å². The van der Waals surface area contributed by atoms with Gasteiger partial charge in [-0.15, -0.1) is 0 Å². The maximum atomic E-state index is 6.17. The van der Waals surface area contributed by atoms with E-state index in [1.165, 1.54) is 17.0 Å². The number of fused-ring (bicyclic) bond motifs is 1. The van der Waals surface area contributed by atoms with Crippen LogP contribution in [-0.2, 0) is 29.6 Å². The molecule has 5 heteroatoms. The molecule has 1 aromatic carbocycles. The fraction of sp³-hybridized carbons (Fsp3) is 0.571. The van der Waals surface area contributed by atoms with E-state index in [4.69, 9.17) is 9.47 Å². The van der Waals surface area contributed by atoms with Gasteiger partial charge in [0, 0.05) is 58.1 Å². The molecule has 1 atom stereocenters. The van der Waals surface area contributed by atoms with Gasteiger partial charge in [-0.2, -0.15) is 0 Å². The van der Waals surface area contributed by atoms with Crippen molar-refractivity contribution in [3.05, 3.63) is 53.6 Å². The second kappa shape index (κ2) is 8.33. The third kappa shape index (κ3) is 4.17. The molecule has 0 spiro atoms. The van der Waals surface area contributed by atoms with Crippen molar-refractivity contribution in [1.29, 1.82) is 0 Å². The summed E-state index contributed by atoms with van der Waals surface area (Å²) in [6.45, 7) is 6.30. The highest BCUT2D eigenvalue weighted by Crippen LogP contribution is 2.29. The summed E-state index contributed by atoms with van der Waals surface area (Å²) in [7, 11) is 2.10. The lowest BCUT2D eigenvalue weighted by Crippen LogP contribution is -2.36. The molecule has 0 saturated carbocycles. The summed E-state index contributed by atoms with van der Waals surface area (Å²) in [6.07, 6.45) is 4.20. The Morgan fingerprint density at radius 3 is 2.77 bits per heavy atom. The molecule has 140 valence electrons. The summed E-state index contributed by atoms with van der Waals surface area (Å²) in [4.78, 5) is 7.14. The summed E-state index contributed by atoms with van der Waals surface area (Å²) in [5, 5.41) is 0. The summed E-state index contributed by atoms with van der Waals surface area (Å²) >= 11 is 0. The molecule has 2 aliphatic rings. The molecule has 0 amide bonds. The molecule has 1 saturated heterocycles. The Balaban J connectivity index is 1.39. The van der Waals surface area contributed by atoms with Crippen molar-refractivity contribution in [3.8, 4) is 0 Å². The van der Waals surface area contributed by atoms with Crippen molar-refractivity contribution in [1.82, 2.24) is 14.5 Å². The topological polar surface area (TPSA) is 39.5 Å². The third-order valence-electron chi connectivity index (χ3n) is 5.56. The molecule has 1 aromatic heterocycles. The van der Waals surface area contributed by atoms with Crippen LogP contribution in [-0.4, -0.2) is 47.4 Å². The first-order valence-electron chi connectivity index (χ1n) is 9.71. The van der Waals surface area contributed by atoms with Gasteiger partial charge in [-0.3, -0.25) is 4.90 Å². The molecular formula is C21H29N3O2. The van der Waals surface area contributed by atoms with Crippen LogP contribution in [0, 0.1) is 5.92 Å². The third-order valence-corrected chi connectivity index (χ3v) is 5.56. The molecule has 2 aromatic rings. The summed E-state index contributed by atoms with van der Waals surface area (Å²) in [5.41, 5.74) is 3.91. The predicted octanol–water partition coefficient (Wildman–Crippen LogP) is 2.96. The fourth-order valence-electron chi connectivity index (χ4n) is 4.19. The minimum absolute atomic E-state index is 0.384. The largest absolute Gasteiger partial charge is 0.381 e. The lowest BCUT2D eigenvalue weighted by molar-refractivity contribution is 0.0127. The van der Waals surface area contributed by atoms with Crippen molar-refractivity contribution in [2.75, 3.05) is 33.0 Å². The fourth-order valence-corrected chi connectivity index (χ4v) is 4.19. The first-order chi connectivity index (χ1) is 12.8. The molecule has 3 heterocycles. The van der Waals surface area contributed by atoms with Gasteiger partial charge in [0.25, 0.3) is 0 Å². The summed E-state index contributed by atoms with van der Waals surface area (Å²) in [5.74, 6) is 1.04. The molecule has 2 aliphatic heterocycles. The van der Waals surface area contributed by atoms with Gasteiger partial charge in [-0.05, 0) is 24.3 Å². The molecular weight excluding hydrogens is 326 g/mol. The Morgan fingerprint density at radius 1 is 1.15 bits per heavy atom. The van der Waals surface area contributed by atoms with Gasteiger partial charge in [0.2, 0.25) is 0 Å².